The number of rotatable bonds is 34. The first-order chi connectivity index (χ1) is 32.5. The van der Waals surface area contributed by atoms with Gasteiger partial charge in [0.1, 0.15) is 42.0 Å². The standard InChI is InChI=1S/C42H69N13O14/c1-22(2)34(40(67)53-28(18-23-11-13-24(56)14-12-23)38(65)54-30(41(68)69)20-33(60)61)55-39(66)29(19-32(58)59)52-37(64)27(9-4-6-16-44)51-36(63)26(10-7-17-48-42(46)47)50-31(57)21-49-35(62)25(45)8-3-5-15-43/h11-14,22,25-30,34,56H,3-10,15-21,43-45H2,1-2H3,(H,49,62)(H,50,57)(H,51,63)(H,52,64)(H,53,67)(H,54,65)(H,55,66)(H,58,59)(H,60,61)(H,68,69)(H4,46,47,48)/t25-,26+,27+,28+,29+,30+,34+/m1/s1. The molecule has 21 N–H and O–H groups in total. The first kappa shape index (κ1) is 59.9. The Hall–Kier alpha value is -7.13. The van der Waals surface area contributed by atoms with Crippen LogP contribution >= 0.6 is 0 Å². The van der Waals surface area contributed by atoms with Crippen LogP contribution in [0.25, 0.3) is 0 Å². The van der Waals surface area contributed by atoms with E-state index >= 15 is 0 Å². The predicted molar refractivity (Wildman–Crippen MR) is 247 cm³/mol. The molecule has 0 saturated heterocycles. The Bertz CT molecular complexity index is 1930. The average molecular weight is 980 g/mol. The fraction of sp³-hybridized carbons (Fsp3) is 0.595. The molecule has 386 valence electrons. The maximum Gasteiger partial charge on any atom is 0.326 e. The second-order valence-electron chi connectivity index (χ2n) is 16.3. The molecule has 0 aliphatic heterocycles. The van der Waals surface area contributed by atoms with E-state index in [0.29, 0.717) is 37.8 Å². The molecule has 27 nitrogen and oxygen atoms in total. The Kier molecular flexibility index (Phi) is 27.6. The van der Waals surface area contributed by atoms with Gasteiger partial charge in [-0.25, -0.2) is 4.79 Å². The fourth-order valence-corrected chi connectivity index (χ4v) is 6.42. The summed E-state index contributed by atoms with van der Waals surface area (Å²) < 4.78 is 0. The molecule has 1 rings (SSSR count). The zero-order valence-electron chi connectivity index (χ0n) is 38.7. The summed E-state index contributed by atoms with van der Waals surface area (Å²) in [6.07, 6.45) is -0.179. The van der Waals surface area contributed by atoms with Crippen molar-refractivity contribution in [1.29, 1.82) is 0 Å². The monoisotopic (exact) mass is 980 g/mol. The number of phenolic OH excluding ortho intramolecular Hbond substituents is 1. The van der Waals surface area contributed by atoms with Gasteiger partial charge in [0.25, 0.3) is 0 Å². The van der Waals surface area contributed by atoms with Crippen molar-refractivity contribution in [1.82, 2.24) is 37.2 Å². The number of carbonyl (C=O) groups is 10. The number of aliphatic carboxylic acids is 3. The highest BCUT2D eigenvalue weighted by Gasteiger charge is 2.35. The van der Waals surface area contributed by atoms with Crippen LogP contribution in [0.4, 0.5) is 0 Å². The van der Waals surface area contributed by atoms with Gasteiger partial charge < -0.3 is 86.3 Å². The molecular weight excluding hydrogens is 911 g/mol. The van der Waals surface area contributed by atoms with E-state index in [1.54, 1.807) is 0 Å². The first-order valence-corrected chi connectivity index (χ1v) is 22.2. The second-order valence-corrected chi connectivity index (χ2v) is 16.3. The van der Waals surface area contributed by atoms with Gasteiger partial charge in [0, 0.05) is 13.0 Å². The van der Waals surface area contributed by atoms with E-state index in [-0.39, 0.29) is 56.9 Å². The number of carboxylic acid groups (broad SMARTS) is 3. The van der Waals surface area contributed by atoms with Crippen LogP contribution in [0.1, 0.15) is 83.6 Å². The molecule has 0 unspecified atom stereocenters. The van der Waals surface area contributed by atoms with Crippen molar-refractivity contribution in [3.8, 4) is 5.75 Å². The van der Waals surface area contributed by atoms with Gasteiger partial charge in [-0.3, -0.25) is 48.1 Å². The maximum atomic E-state index is 13.9. The lowest BCUT2D eigenvalue weighted by Crippen LogP contribution is -2.61. The number of guanidine groups is 1. The van der Waals surface area contributed by atoms with Gasteiger partial charge >= 0.3 is 17.9 Å². The molecule has 0 aliphatic carbocycles. The van der Waals surface area contributed by atoms with Crippen molar-refractivity contribution in [2.75, 3.05) is 26.2 Å². The minimum absolute atomic E-state index is 0.0441. The third-order valence-corrected chi connectivity index (χ3v) is 10.2. The van der Waals surface area contributed by atoms with Crippen molar-refractivity contribution in [2.45, 2.75) is 127 Å². The molecule has 0 aliphatic rings. The lowest BCUT2D eigenvalue weighted by atomic mass is 9.99. The van der Waals surface area contributed by atoms with E-state index in [1.165, 1.54) is 38.1 Å². The van der Waals surface area contributed by atoms with E-state index in [1.807, 2.05) is 0 Å². The van der Waals surface area contributed by atoms with Crippen LogP contribution in [0.15, 0.2) is 29.3 Å². The highest BCUT2D eigenvalue weighted by atomic mass is 16.4. The van der Waals surface area contributed by atoms with E-state index in [4.69, 9.17) is 28.7 Å². The van der Waals surface area contributed by atoms with Crippen LogP contribution in [-0.4, -0.2) is 154 Å². The van der Waals surface area contributed by atoms with Crippen LogP contribution in [0, 0.1) is 5.92 Å². The summed E-state index contributed by atoms with van der Waals surface area (Å²) in [7, 11) is 0. The zero-order chi connectivity index (χ0) is 52.2. The number of carboxylic acids is 3. The Morgan fingerprint density at radius 2 is 1.06 bits per heavy atom. The largest absolute Gasteiger partial charge is 0.508 e. The molecule has 0 aromatic heterocycles. The zero-order valence-corrected chi connectivity index (χ0v) is 38.7. The number of nitrogens with zero attached hydrogens (tertiary/aromatic N) is 1. The van der Waals surface area contributed by atoms with Gasteiger partial charge in [0.15, 0.2) is 5.96 Å². The van der Waals surface area contributed by atoms with Gasteiger partial charge in [0.2, 0.25) is 41.4 Å². The number of amides is 7. The van der Waals surface area contributed by atoms with Crippen molar-refractivity contribution in [3.05, 3.63) is 29.8 Å². The highest BCUT2D eigenvalue weighted by Crippen LogP contribution is 2.14. The number of nitrogens with two attached hydrogens (primary N) is 5. The average Bonchev–Trinajstić information content (AvgIpc) is 3.27. The van der Waals surface area contributed by atoms with E-state index in [0.717, 1.165) is 0 Å². The second kappa shape index (κ2) is 31.8. The molecule has 0 saturated carbocycles. The summed E-state index contributed by atoms with van der Waals surface area (Å²) in [5.41, 5.74) is 28.2. The topological polar surface area (TPSA) is 478 Å². The van der Waals surface area contributed by atoms with Gasteiger partial charge in [-0.15, -0.1) is 0 Å². The Morgan fingerprint density at radius 3 is 1.59 bits per heavy atom. The number of carbonyl (C=O) groups excluding carboxylic acids is 7. The molecule has 0 spiro atoms. The Morgan fingerprint density at radius 1 is 0.580 bits per heavy atom. The van der Waals surface area contributed by atoms with Crippen molar-refractivity contribution < 1.29 is 68.4 Å². The smallest absolute Gasteiger partial charge is 0.326 e. The number of aliphatic imine (C=N–C) groups is 1. The minimum atomic E-state index is -1.90. The molecule has 1 aromatic carbocycles. The molecular formula is C42H69N13O14. The summed E-state index contributed by atoms with van der Waals surface area (Å²) >= 11 is 0. The van der Waals surface area contributed by atoms with Gasteiger partial charge in [-0.1, -0.05) is 32.4 Å². The summed E-state index contributed by atoms with van der Waals surface area (Å²) in [4.78, 5) is 133. The summed E-state index contributed by atoms with van der Waals surface area (Å²) in [5.74, 6) is -12.6. The Balaban J connectivity index is 3.40. The van der Waals surface area contributed by atoms with Crippen LogP contribution < -0.4 is 65.9 Å². The molecule has 0 bridgehead atoms. The van der Waals surface area contributed by atoms with Crippen LogP contribution in [0.2, 0.25) is 0 Å². The van der Waals surface area contributed by atoms with E-state index in [9.17, 15) is 68.4 Å². The first-order valence-electron chi connectivity index (χ1n) is 22.2. The number of nitrogens with one attached hydrogen (secondary N) is 7. The van der Waals surface area contributed by atoms with Crippen LogP contribution in [-0.2, 0) is 54.4 Å². The summed E-state index contributed by atoms with van der Waals surface area (Å²) in [6, 6.07) is -5.23. The number of hydrogen-bond acceptors (Lipinski definition) is 15. The van der Waals surface area contributed by atoms with Gasteiger partial charge in [0.05, 0.1) is 25.4 Å². The maximum absolute atomic E-state index is 13.9. The molecule has 69 heavy (non-hydrogen) atoms. The molecule has 0 heterocycles. The molecule has 0 radical (unpaired) electrons. The molecule has 0 fully saturated rings. The third kappa shape index (κ3) is 24.5. The molecule has 7 amide bonds. The SMILES string of the molecule is CC(C)[C@H](NC(=O)[C@H](CC(=O)O)NC(=O)[C@H](CCCCN)NC(=O)[C@H](CCCN=C(N)N)NC(=O)CNC(=O)[C@H](N)CCCCN)C(=O)N[C@@H](Cc1ccc(O)cc1)C(=O)N[C@@H](CC(=O)O)C(=O)O. The quantitative estimate of drug-likeness (QED) is 0.0175. The predicted octanol–water partition coefficient (Wildman–Crippen LogP) is -4.71. The van der Waals surface area contributed by atoms with Crippen LogP contribution in [0.3, 0.4) is 0 Å². The summed E-state index contributed by atoms with van der Waals surface area (Å²) in [5, 5.41) is 54.8. The number of benzene rings is 1. The van der Waals surface area contributed by atoms with Crippen molar-refractivity contribution in [2.24, 2.45) is 39.6 Å². The minimum Gasteiger partial charge on any atom is -0.508 e. The van der Waals surface area contributed by atoms with Crippen LogP contribution in [0.5, 0.6) is 5.75 Å². The number of hydrogen-bond donors (Lipinski definition) is 16. The number of aromatic hydroxyl groups is 1. The normalized spacial score (nSPS) is 13.9. The summed E-state index contributed by atoms with van der Waals surface area (Å²) in [6.45, 7) is 3.06. The third-order valence-electron chi connectivity index (χ3n) is 10.2. The van der Waals surface area contributed by atoms with Crippen molar-refractivity contribution in [3.63, 3.8) is 0 Å². The fourth-order valence-electron chi connectivity index (χ4n) is 6.42. The number of phenols is 1. The Labute approximate surface area is 398 Å². The molecule has 27 heteroatoms. The molecule has 1 aromatic rings. The lowest BCUT2D eigenvalue weighted by molar-refractivity contribution is -0.147. The number of unbranched alkanes of at least 4 members (excludes halogenated alkanes) is 2. The van der Waals surface area contributed by atoms with Crippen molar-refractivity contribution >= 4 is 65.2 Å². The lowest BCUT2D eigenvalue weighted by Gasteiger charge is -2.28. The van der Waals surface area contributed by atoms with Gasteiger partial charge in [-0.05, 0) is 81.6 Å². The molecule has 7 atom stereocenters. The van der Waals surface area contributed by atoms with E-state index < -0.39 is 127 Å². The van der Waals surface area contributed by atoms with E-state index in [2.05, 4.69) is 42.2 Å². The van der Waals surface area contributed by atoms with Gasteiger partial charge in [-0.2, -0.15) is 0 Å². The highest BCUT2D eigenvalue weighted by molar-refractivity contribution is 5.98.